The molecule has 2 aromatic rings. The molecule has 1 heterocycles. The van der Waals surface area contributed by atoms with Gasteiger partial charge in [-0.25, -0.2) is 9.37 Å². The molecule has 0 aliphatic carbocycles. The van der Waals surface area contributed by atoms with Crippen LogP contribution in [0.15, 0.2) is 18.2 Å². The van der Waals surface area contributed by atoms with Gasteiger partial charge in [-0.2, -0.15) is 0 Å². The van der Waals surface area contributed by atoms with E-state index < -0.39 is 0 Å². The van der Waals surface area contributed by atoms with Crippen molar-refractivity contribution in [2.75, 3.05) is 6.61 Å². The first-order valence-corrected chi connectivity index (χ1v) is 6.42. The molecule has 0 radical (unpaired) electrons. The molecule has 1 aromatic carbocycles. The van der Waals surface area contributed by atoms with Gasteiger partial charge in [0.2, 0.25) is 0 Å². The average Bonchev–Trinajstić information content (AvgIpc) is 2.67. The van der Waals surface area contributed by atoms with Crippen LogP contribution in [0, 0.1) is 5.82 Å². The van der Waals surface area contributed by atoms with E-state index in [9.17, 15) is 9.18 Å². The van der Waals surface area contributed by atoms with Crippen LogP contribution in [0.1, 0.15) is 25.0 Å². The highest BCUT2D eigenvalue weighted by atomic mass is 35.5. The van der Waals surface area contributed by atoms with Gasteiger partial charge in [0.25, 0.3) is 0 Å². The quantitative estimate of drug-likeness (QED) is 0.640. The first-order chi connectivity index (χ1) is 9.02. The van der Waals surface area contributed by atoms with Crippen molar-refractivity contribution < 1.29 is 13.9 Å². The maximum Gasteiger partial charge on any atom is 0.326 e. The number of alkyl halides is 1. The first-order valence-electron chi connectivity index (χ1n) is 5.98. The van der Waals surface area contributed by atoms with Gasteiger partial charge >= 0.3 is 5.97 Å². The maximum atomic E-state index is 13.2. The normalized spacial score (nSPS) is 12.6. The molecular weight excluding hydrogens is 271 g/mol. The fourth-order valence-electron chi connectivity index (χ4n) is 1.93. The summed E-state index contributed by atoms with van der Waals surface area (Å²) in [7, 11) is 0. The summed E-state index contributed by atoms with van der Waals surface area (Å²) in [5.41, 5.74) is 1.14. The highest BCUT2D eigenvalue weighted by Crippen LogP contribution is 2.25. The smallest absolute Gasteiger partial charge is 0.326 e. The van der Waals surface area contributed by atoms with Crippen molar-refractivity contribution in [2.24, 2.45) is 0 Å². The van der Waals surface area contributed by atoms with Crippen molar-refractivity contribution in [2.45, 2.75) is 25.8 Å². The largest absolute Gasteiger partial charge is 0.465 e. The van der Waals surface area contributed by atoms with E-state index in [1.807, 2.05) is 0 Å². The van der Waals surface area contributed by atoms with Gasteiger partial charge in [0, 0.05) is 6.07 Å². The number of rotatable bonds is 4. The number of benzene rings is 1. The zero-order valence-corrected chi connectivity index (χ0v) is 11.4. The van der Waals surface area contributed by atoms with Crippen LogP contribution in [0.3, 0.4) is 0 Å². The molecule has 0 aliphatic heterocycles. The summed E-state index contributed by atoms with van der Waals surface area (Å²) in [6, 6.07) is 4.23. The summed E-state index contributed by atoms with van der Waals surface area (Å²) in [5.74, 6) is -0.220. The Morgan fingerprint density at radius 3 is 2.95 bits per heavy atom. The van der Waals surface area contributed by atoms with Crippen LogP contribution in [-0.2, 0) is 16.1 Å². The van der Waals surface area contributed by atoms with Crippen LogP contribution in [0.5, 0.6) is 0 Å². The molecule has 1 unspecified atom stereocenters. The number of hydrogen-bond acceptors (Lipinski definition) is 3. The second kappa shape index (κ2) is 5.57. The molecular formula is C13H14ClFN2O2. The molecule has 2 rings (SSSR count). The summed E-state index contributed by atoms with van der Waals surface area (Å²) < 4.78 is 19.8. The number of fused-ring (bicyclic) bond motifs is 1. The highest BCUT2D eigenvalue weighted by Gasteiger charge is 2.17. The molecule has 0 saturated heterocycles. The number of esters is 1. The molecule has 4 nitrogen and oxygen atoms in total. The molecule has 0 aliphatic rings. The number of imidazole rings is 1. The van der Waals surface area contributed by atoms with Gasteiger partial charge in [0.1, 0.15) is 18.2 Å². The predicted molar refractivity (Wildman–Crippen MR) is 70.6 cm³/mol. The van der Waals surface area contributed by atoms with Gasteiger partial charge in [0.15, 0.2) is 0 Å². The van der Waals surface area contributed by atoms with Crippen molar-refractivity contribution in [1.29, 1.82) is 0 Å². The number of halogens is 2. The van der Waals surface area contributed by atoms with Gasteiger partial charge < -0.3 is 9.30 Å². The van der Waals surface area contributed by atoms with Crippen molar-refractivity contribution >= 4 is 28.6 Å². The number of nitrogens with zero attached hydrogens (tertiary/aromatic N) is 2. The Kier molecular flexibility index (Phi) is 4.04. The number of carbonyl (C=O) groups excluding carboxylic acids is 1. The van der Waals surface area contributed by atoms with Crippen molar-refractivity contribution in [3.63, 3.8) is 0 Å². The highest BCUT2D eigenvalue weighted by molar-refractivity contribution is 6.20. The second-order valence-corrected chi connectivity index (χ2v) is 4.76. The molecule has 0 saturated carbocycles. The Balaban J connectivity index is 2.49. The molecule has 0 amide bonds. The fourth-order valence-corrected chi connectivity index (χ4v) is 2.09. The molecule has 19 heavy (non-hydrogen) atoms. The SMILES string of the molecule is CCOC(=O)Cn1c(C(C)Cl)nc2cc(F)ccc21. The molecule has 1 aromatic heterocycles. The average molecular weight is 285 g/mol. The topological polar surface area (TPSA) is 44.1 Å². The van der Waals surface area contributed by atoms with Gasteiger partial charge in [-0.1, -0.05) is 0 Å². The third-order valence-electron chi connectivity index (χ3n) is 2.69. The van der Waals surface area contributed by atoms with E-state index in [0.717, 1.165) is 0 Å². The molecule has 0 fully saturated rings. The number of carbonyl (C=O) groups is 1. The third-order valence-corrected chi connectivity index (χ3v) is 2.88. The summed E-state index contributed by atoms with van der Waals surface area (Å²) in [6.45, 7) is 3.82. The van der Waals surface area contributed by atoms with Crippen molar-refractivity contribution in [3.8, 4) is 0 Å². The van der Waals surface area contributed by atoms with Crippen molar-refractivity contribution in [3.05, 3.63) is 29.8 Å². The summed E-state index contributed by atoms with van der Waals surface area (Å²) in [6.07, 6.45) is 0. The minimum Gasteiger partial charge on any atom is -0.465 e. The lowest BCUT2D eigenvalue weighted by Crippen LogP contribution is -2.15. The fraction of sp³-hybridized carbons (Fsp3) is 0.385. The van der Waals surface area contributed by atoms with E-state index in [1.54, 1.807) is 24.5 Å². The molecule has 0 N–H and O–H groups in total. The van der Waals surface area contributed by atoms with Gasteiger partial charge in [-0.15, -0.1) is 11.6 Å². The summed E-state index contributed by atoms with van der Waals surface area (Å²) >= 11 is 6.05. The minimum absolute atomic E-state index is 0.0162. The molecule has 6 heteroatoms. The maximum absolute atomic E-state index is 13.2. The Morgan fingerprint density at radius 2 is 2.32 bits per heavy atom. The second-order valence-electron chi connectivity index (χ2n) is 4.11. The number of hydrogen-bond donors (Lipinski definition) is 0. The molecule has 102 valence electrons. The van der Waals surface area contributed by atoms with Gasteiger partial charge in [-0.3, -0.25) is 4.79 Å². The lowest BCUT2D eigenvalue weighted by atomic mass is 10.3. The zero-order valence-electron chi connectivity index (χ0n) is 10.7. The molecule has 1 atom stereocenters. The Labute approximate surface area is 115 Å². The van der Waals surface area contributed by atoms with Crippen LogP contribution in [-0.4, -0.2) is 22.1 Å². The third kappa shape index (κ3) is 2.87. The van der Waals surface area contributed by atoms with Crippen LogP contribution in [0.25, 0.3) is 11.0 Å². The standard InChI is InChI=1S/C13H14ClFN2O2/c1-3-19-12(18)7-17-11-5-4-9(15)6-10(11)16-13(17)8(2)14/h4-6,8H,3,7H2,1-2H3. The van der Waals surface area contributed by atoms with Gasteiger partial charge in [0.05, 0.1) is 23.0 Å². The van der Waals surface area contributed by atoms with E-state index in [-0.39, 0.29) is 23.7 Å². The van der Waals surface area contributed by atoms with E-state index >= 15 is 0 Å². The lowest BCUT2D eigenvalue weighted by Gasteiger charge is -2.09. The summed E-state index contributed by atoms with van der Waals surface area (Å²) in [5, 5.41) is -0.384. The van der Waals surface area contributed by atoms with Crippen molar-refractivity contribution in [1.82, 2.24) is 9.55 Å². The van der Waals surface area contributed by atoms with E-state index in [1.165, 1.54) is 12.1 Å². The van der Waals surface area contributed by atoms with E-state index in [4.69, 9.17) is 16.3 Å². The molecule has 0 spiro atoms. The van der Waals surface area contributed by atoms with Crippen LogP contribution < -0.4 is 0 Å². The summed E-state index contributed by atoms with van der Waals surface area (Å²) in [4.78, 5) is 15.9. The van der Waals surface area contributed by atoms with Crippen LogP contribution in [0.2, 0.25) is 0 Å². The lowest BCUT2D eigenvalue weighted by molar-refractivity contribution is -0.143. The monoisotopic (exact) mass is 284 g/mol. The zero-order chi connectivity index (χ0) is 14.0. The molecule has 0 bridgehead atoms. The van der Waals surface area contributed by atoms with Gasteiger partial charge in [-0.05, 0) is 26.0 Å². The Hall–Kier alpha value is -1.62. The first kappa shape index (κ1) is 13.8. The Bertz CT molecular complexity index is 610. The number of ether oxygens (including phenoxy) is 1. The predicted octanol–water partition coefficient (Wildman–Crippen LogP) is 3.04. The van der Waals surface area contributed by atoms with E-state index in [2.05, 4.69) is 4.98 Å². The van der Waals surface area contributed by atoms with Crippen LogP contribution in [0.4, 0.5) is 4.39 Å². The number of aromatic nitrogens is 2. The Morgan fingerprint density at radius 1 is 1.58 bits per heavy atom. The van der Waals surface area contributed by atoms with E-state index in [0.29, 0.717) is 23.5 Å². The minimum atomic E-state index is -0.384. The van der Waals surface area contributed by atoms with Crippen LogP contribution >= 0.6 is 11.6 Å².